The van der Waals surface area contributed by atoms with Crippen LogP contribution in [0.25, 0.3) is 0 Å². The van der Waals surface area contributed by atoms with Crippen molar-refractivity contribution in [2.75, 3.05) is 0 Å². The van der Waals surface area contributed by atoms with Gasteiger partial charge in [-0.05, 0) is 39.0 Å². The molecule has 1 atom stereocenters. The zero-order valence-corrected chi connectivity index (χ0v) is 13.3. The highest BCUT2D eigenvalue weighted by atomic mass is 16.3. The van der Waals surface area contributed by atoms with Gasteiger partial charge in [0.25, 0.3) is 0 Å². The molecular weight excluding hydrogens is 278 g/mol. The van der Waals surface area contributed by atoms with Crippen molar-refractivity contribution in [3.05, 3.63) is 23.3 Å². The largest absolute Gasteiger partial charge is 0.389 e. The quantitative estimate of drug-likeness (QED) is 0.899. The summed E-state index contributed by atoms with van der Waals surface area (Å²) in [5.41, 5.74) is 1.30. The Morgan fingerprint density at radius 2 is 2.14 bits per heavy atom. The SMILES string of the molecule is Cc1ncc2c(n1)CCC[C@@H]2NC(=O)CC1(O)CCCCC1. The van der Waals surface area contributed by atoms with Crippen LogP contribution in [-0.2, 0) is 11.2 Å². The van der Waals surface area contributed by atoms with Crippen LogP contribution < -0.4 is 5.32 Å². The number of hydrogen-bond donors (Lipinski definition) is 2. The molecule has 1 amide bonds. The fourth-order valence-corrected chi connectivity index (χ4v) is 3.73. The molecule has 120 valence electrons. The first-order chi connectivity index (χ1) is 10.6. The van der Waals surface area contributed by atoms with Crippen molar-refractivity contribution < 1.29 is 9.90 Å². The first kappa shape index (κ1) is 15.4. The van der Waals surface area contributed by atoms with Crippen LogP contribution in [-0.4, -0.2) is 26.6 Å². The molecule has 0 radical (unpaired) electrons. The molecule has 3 rings (SSSR count). The summed E-state index contributed by atoms with van der Waals surface area (Å²) in [4.78, 5) is 21.1. The molecular formula is C17H25N3O2. The summed E-state index contributed by atoms with van der Waals surface area (Å²) in [6.45, 7) is 1.89. The van der Waals surface area contributed by atoms with E-state index in [0.29, 0.717) is 0 Å². The summed E-state index contributed by atoms with van der Waals surface area (Å²) < 4.78 is 0. The summed E-state index contributed by atoms with van der Waals surface area (Å²) in [7, 11) is 0. The first-order valence-corrected chi connectivity index (χ1v) is 8.40. The molecule has 2 aliphatic rings. The van der Waals surface area contributed by atoms with Crippen molar-refractivity contribution in [1.29, 1.82) is 0 Å². The van der Waals surface area contributed by atoms with E-state index in [4.69, 9.17) is 0 Å². The maximum absolute atomic E-state index is 12.3. The second kappa shape index (κ2) is 6.32. The minimum Gasteiger partial charge on any atom is -0.389 e. The third-order valence-corrected chi connectivity index (χ3v) is 4.91. The molecule has 22 heavy (non-hydrogen) atoms. The molecule has 1 heterocycles. The van der Waals surface area contributed by atoms with E-state index in [9.17, 15) is 9.90 Å². The van der Waals surface area contributed by atoms with Gasteiger partial charge in [0.05, 0.1) is 18.1 Å². The highest BCUT2D eigenvalue weighted by molar-refractivity contribution is 5.77. The van der Waals surface area contributed by atoms with E-state index in [1.807, 2.05) is 13.1 Å². The normalized spacial score (nSPS) is 23.6. The summed E-state index contributed by atoms with van der Waals surface area (Å²) in [5, 5.41) is 13.6. The first-order valence-electron chi connectivity index (χ1n) is 8.40. The van der Waals surface area contributed by atoms with E-state index in [2.05, 4.69) is 15.3 Å². The number of aryl methyl sites for hydroxylation is 2. The standard InChI is InChI=1S/C17H25N3O2/c1-12-18-11-13-14(19-12)6-5-7-15(13)20-16(21)10-17(22)8-3-2-4-9-17/h11,15,22H,2-10H2,1H3,(H,20,21)/t15-/m0/s1. The van der Waals surface area contributed by atoms with Crippen LogP contribution in [0.1, 0.15) is 74.5 Å². The lowest BCUT2D eigenvalue weighted by Crippen LogP contribution is -2.40. The Hall–Kier alpha value is -1.49. The third-order valence-electron chi connectivity index (χ3n) is 4.91. The Bertz CT molecular complexity index is 553. The number of aliphatic hydroxyl groups is 1. The van der Waals surface area contributed by atoms with Gasteiger partial charge in [0.15, 0.2) is 0 Å². The number of nitrogens with one attached hydrogen (secondary N) is 1. The number of hydrogen-bond acceptors (Lipinski definition) is 4. The van der Waals surface area contributed by atoms with Gasteiger partial charge in [-0.1, -0.05) is 19.3 Å². The zero-order chi connectivity index (χ0) is 15.6. The van der Waals surface area contributed by atoms with Gasteiger partial charge in [-0.15, -0.1) is 0 Å². The zero-order valence-electron chi connectivity index (χ0n) is 13.3. The number of aromatic nitrogens is 2. The summed E-state index contributed by atoms with van der Waals surface area (Å²) in [6, 6.07) is -0.0101. The van der Waals surface area contributed by atoms with Crippen LogP contribution in [0, 0.1) is 6.92 Å². The number of carbonyl (C=O) groups is 1. The molecule has 1 aromatic rings. The second-order valence-electron chi connectivity index (χ2n) is 6.79. The van der Waals surface area contributed by atoms with E-state index in [-0.39, 0.29) is 18.4 Å². The molecule has 1 aromatic heterocycles. The van der Waals surface area contributed by atoms with E-state index >= 15 is 0 Å². The van der Waals surface area contributed by atoms with Gasteiger partial charge in [0.2, 0.25) is 5.91 Å². The van der Waals surface area contributed by atoms with Gasteiger partial charge in [-0.2, -0.15) is 0 Å². The summed E-state index contributed by atoms with van der Waals surface area (Å²) >= 11 is 0. The molecule has 0 aliphatic heterocycles. The van der Waals surface area contributed by atoms with Gasteiger partial charge in [0.1, 0.15) is 5.82 Å². The molecule has 0 unspecified atom stereocenters. The monoisotopic (exact) mass is 303 g/mol. The van der Waals surface area contributed by atoms with Crippen molar-refractivity contribution in [3.63, 3.8) is 0 Å². The maximum atomic E-state index is 12.3. The molecule has 1 fully saturated rings. The van der Waals surface area contributed by atoms with Crippen LogP contribution in [0.2, 0.25) is 0 Å². The van der Waals surface area contributed by atoms with Gasteiger partial charge >= 0.3 is 0 Å². The van der Waals surface area contributed by atoms with E-state index in [0.717, 1.165) is 68.4 Å². The Morgan fingerprint density at radius 1 is 1.36 bits per heavy atom. The molecule has 0 aromatic carbocycles. The Balaban J connectivity index is 1.65. The van der Waals surface area contributed by atoms with Crippen LogP contribution in [0.3, 0.4) is 0 Å². The summed E-state index contributed by atoms with van der Waals surface area (Å²) in [6.07, 6.45) is 9.64. The molecule has 1 saturated carbocycles. The molecule has 2 N–H and O–H groups in total. The van der Waals surface area contributed by atoms with Crippen molar-refractivity contribution in [3.8, 4) is 0 Å². The number of rotatable bonds is 3. The third kappa shape index (κ3) is 3.46. The molecule has 0 spiro atoms. The number of fused-ring (bicyclic) bond motifs is 1. The Kier molecular flexibility index (Phi) is 4.43. The topological polar surface area (TPSA) is 75.1 Å². The predicted octanol–water partition coefficient (Wildman–Crippen LogP) is 2.36. The molecule has 2 aliphatic carbocycles. The second-order valence-corrected chi connectivity index (χ2v) is 6.79. The molecule has 5 nitrogen and oxygen atoms in total. The van der Waals surface area contributed by atoms with E-state index < -0.39 is 5.60 Å². The predicted molar refractivity (Wildman–Crippen MR) is 83.2 cm³/mol. The molecule has 5 heteroatoms. The van der Waals surface area contributed by atoms with Crippen molar-refractivity contribution in [2.24, 2.45) is 0 Å². The molecule has 0 bridgehead atoms. The van der Waals surface area contributed by atoms with Gasteiger partial charge in [-0.25, -0.2) is 9.97 Å². The highest BCUT2D eigenvalue weighted by Crippen LogP contribution is 2.32. The lowest BCUT2D eigenvalue weighted by Gasteiger charge is -2.32. The Morgan fingerprint density at radius 3 is 2.91 bits per heavy atom. The lowest BCUT2D eigenvalue weighted by molar-refractivity contribution is -0.128. The van der Waals surface area contributed by atoms with Crippen molar-refractivity contribution in [1.82, 2.24) is 15.3 Å². The van der Waals surface area contributed by atoms with E-state index in [1.54, 1.807) is 0 Å². The fourth-order valence-electron chi connectivity index (χ4n) is 3.73. The molecule has 0 saturated heterocycles. The van der Waals surface area contributed by atoms with Crippen LogP contribution >= 0.6 is 0 Å². The fraction of sp³-hybridized carbons (Fsp3) is 0.706. The van der Waals surface area contributed by atoms with Gasteiger partial charge < -0.3 is 10.4 Å². The maximum Gasteiger partial charge on any atom is 0.223 e. The average molecular weight is 303 g/mol. The smallest absolute Gasteiger partial charge is 0.223 e. The van der Waals surface area contributed by atoms with Crippen molar-refractivity contribution >= 4 is 5.91 Å². The minimum atomic E-state index is -0.802. The number of carbonyl (C=O) groups excluding carboxylic acids is 1. The average Bonchev–Trinajstić information content (AvgIpc) is 2.47. The Labute approximate surface area is 131 Å². The minimum absolute atomic E-state index is 0.0101. The highest BCUT2D eigenvalue weighted by Gasteiger charge is 2.33. The van der Waals surface area contributed by atoms with Crippen LogP contribution in [0.5, 0.6) is 0 Å². The van der Waals surface area contributed by atoms with Gasteiger partial charge in [0, 0.05) is 17.5 Å². The van der Waals surface area contributed by atoms with Crippen molar-refractivity contribution in [2.45, 2.75) is 76.4 Å². The lowest BCUT2D eigenvalue weighted by atomic mass is 9.82. The number of nitrogens with zero attached hydrogens (tertiary/aromatic N) is 2. The van der Waals surface area contributed by atoms with Crippen LogP contribution in [0.15, 0.2) is 6.20 Å². The van der Waals surface area contributed by atoms with Gasteiger partial charge in [-0.3, -0.25) is 4.79 Å². The van der Waals surface area contributed by atoms with E-state index in [1.165, 1.54) is 0 Å². The van der Waals surface area contributed by atoms with Crippen LogP contribution in [0.4, 0.5) is 0 Å². The summed E-state index contributed by atoms with van der Waals surface area (Å²) in [5.74, 6) is 0.727. The number of amides is 1.